The first kappa shape index (κ1) is 13.0. The summed E-state index contributed by atoms with van der Waals surface area (Å²) >= 11 is 0. The van der Waals surface area contributed by atoms with Gasteiger partial charge in [0.15, 0.2) is 11.6 Å². The molecule has 18 heavy (non-hydrogen) atoms. The van der Waals surface area contributed by atoms with Gasteiger partial charge in [0, 0.05) is 18.7 Å². The molecule has 0 bridgehead atoms. The SMILES string of the molecule is CC(C)C1(N)CN(C(=O)c2ccc(F)c(F)c2)C1. The number of nitrogens with two attached hydrogens (primary N) is 1. The summed E-state index contributed by atoms with van der Waals surface area (Å²) in [5.74, 6) is -2.00. The van der Waals surface area contributed by atoms with Crippen LogP contribution in [0.25, 0.3) is 0 Å². The Labute approximate surface area is 105 Å². The van der Waals surface area contributed by atoms with E-state index >= 15 is 0 Å². The topological polar surface area (TPSA) is 46.3 Å². The van der Waals surface area contributed by atoms with Crippen LogP contribution < -0.4 is 5.73 Å². The molecule has 3 nitrogen and oxygen atoms in total. The number of hydrogen-bond acceptors (Lipinski definition) is 2. The molecule has 1 heterocycles. The normalized spacial score (nSPS) is 17.8. The molecule has 0 saturated carbocycles. The fraction of sp³-hybridized carbons (Fsp3) is 0.462. The van der Waals surface area contributed by atoms with Crippen molar-refractivity contribution in [3.63, 3.8) is 0 Å². The Bertz CT molecular complexity index is 482. The zero-order chi connectivity index (χ0) is 13.5. The van der Waals surface area contributed by atoms with Crippen LogP contribution in [0, 0.1) is 17.6 Å². The third-order valence-corrected chi connectivity index (χ3v) is 3.57. The highest BCUT2D eigenvalue weighted by atomic mass is 19.2. The van der Waals surface area contributed by atoms with E-state index in [9.17, 15) is 13.6 Å². The summed E-state index contributed by atoms with van der Waals surface area (Å²) in [6, 6.07) is 3.16. The van der Waals surface area contributed by atoms with Gasteiger partial charge in [-0.05, 0) is 24.1 Å². The number of carbonyl (C=O) groups excluding carboxylic acids is 1. The summed E-state index contributed by atoms with van der Waals surface area (Å²) in [4.78, 5) is 13.5. The summed E-state index contributed by atoms with van der Waals surface area (Å²) < 4.78 is 25.8. The predicted octanol–water partition coefficient (Wildman–Crippen LogP) is 1.77. The molecule has 1 fully saturated rings. The highest BCUT2D eigenvalue weighted by Gasteiger charge is 2.44. The van der Waals surface area contributed by atoms with E-state index in [4.69, 9.17) is 5.73 Å². The predicted molar refractivity (Wildman–Crippen MR) is 64.0 cm³/mol. The molecule has 1 aromatic rings. The summed E-state index contributed by atoms with van der Waals surface area (Å²) in [6.45, 7) is 4.89. The quantitative estimate of drug-likeness (QED) is 0.874. The molecule has 2 rings (SSSR count). The highest BCUT2D eigenvalue weighted by molar-refractivity contribution is 5.95. The second kappa shape index (κ2) is 4.31. The Morgan fingerprint density at radius 2 is 1.94 bits per heavy atom. The molecule has 1 aliphatic heterocycles. The van der Waals surface area contributed by atoms with Gasteiger partial charge in [-0.1, -0.05) is 13.8 Å². The van der Waals surface area contributed by atoms with Gasteiger partial charge in [-0.15, -0.1) is 0 Å². The Hall–Kier alpha value is -1.49. The molecule has 1 aliphatic rings. The van der Waals surface area contributed by atoms with Gasteiger partial charge in [0.05, 0.1) is 5.54 Å². The number of likely N-dealkylation sites (tertiary alicyclic amines) is 1. The van der Waals surface area contributed by atoms with Crippen molar-refractivity contribution in [1.29, 1.82) is 0 Å². The molecular formula is C13H16F2N2O. The van der Waals surface area contributed by atoms with Crippen LogP contribution in [-0.2, 0) is 0 Å². The van der Waals surface area contributed by atoms with Crippen molar-refractivity contribution in [1.82, 2.24) is 4.90 Å². The van der Waals surface area contributed by atoms with Crippen molar-refractivity contribution < 1.29 is 13.6 Å². The number of hydrogen-bond donors (Lipinski definition) is 1. The molecule has 1 saturated heterocycles. The van der Waals surface area contributed by atoms with Gasteiger partial charge in [0.25, 0.3) is 5.91 Å². The molecule has 1 amide bonds. The second-order valence-electron chi connectivity index (χ2n) is 5.18. The zero-order valence-electron chi connectivity index (χ0n) is 10.4. The molecule has 0 aliphatic carbocycles. The smallest absolute Gasteiger partial charge is 0.254 e. The fourth-order valence-corrected chi connectivity index (χ4v) is 1.98. The maximum absolute atomic E-state index is 13.0. The maximum atomic E-state index is 13.0. The van der Waals surface area contributed by atoms with Crippen molar-refractivity contribution in [2.75, 3.05) is 13.1 Å². The van der Waals surface area contributed by atoms with Crippen molar-refractivity contribution in [3.05, 3.63) is 35.4 Å². The fourth-order valence-electron chi connectivity index (χ4n) is 1.98. The molecule has 2 N–H and O–H groups in total. The first-order valence-electron chi connectivity index (χ1n) is 5.87. The molecule has 5 heteroatoms. The monoisotopic (exact) mass is 254 g/mol. The minimum Gasteiger partial charge on any atom is -0.335 e. The van der Waals surface area contributed by atoms with E-state index in [0.717, 1.165) is 12.1 Å². The molecule has 98 valence electrons. The van der Waals surface area contributed by atoms with E-state index in [2.05, 4.69) is 0 Å². The number of nitrogens with zero attached hydrogens (tertiary/aromatic N) is 1. The van der Waals surface area contributed by atoms with E-state index in [1.165, 1.54) is 6.07 Å². The lowest BCUT2D eigenvalue weighted by atomic mass is 9.80. The first-order valence-corrected chi connectivity index (χ1v) is 5.87. The lowest BCUT2D eigenvalue weighted by Crippen LogP contribution is -2.71. The van der Waals surface area contributed by atoms with E-state index in [1.54, 1.807) is 4.90 Å². The molecular weight excluding hydrogens is 238 g/mol. The molecule has 1 aromatic carbocycles. The molecule has 0 spiro atoms. The first-order chi connectivity index (χ1) is 8.33. The van der Waals surface area contributed by atoms with Crippen LogP contribution in [0.15, 0.2) is 18.2 Å². The van der Waals surface area contributed by atoms with Crippen LogP contribution in [-0.4, -0.2) is 29.4 Å². The van der Waals surface area contributed by atoms with Gasteiger partial charge in [-0.2, -0.15) is 0 Å². The van der Waals surface area contributed by atoms with E-state index < -0.39 is 11.6 Å². The molecule has 0 unspecified atom stereocenters. The number of rotatable bonds is 2. The molecule has 0 atom stereocenters. The van der Waals surface area contributed by atoms with Gasteiger partial charge in [0.2, 0.25) is 0 Å². The van der Waals surface area contributed by atoms with Crippen molar-refractivity contribution >= 4 is 5.91 Å². The van der Waals surface area contributed by atoms with Crippen LogP contribution in [0.5, 0.6) is 0 Å². The van der Waals surface area contributed by atoms with Gasteiger partial charge in [0.1, 0.15) is 0 Å². The Balaban J connectivity index is 2.08. The lowest BCUT2D eigenvalue weighted by Gasteiger charge is -2.50. The number of halogens is 2. The van der Waals surface area contributed by atoms with Crippen LogP contribution in [0.2, 0.25) is 0 Å². The average Bonchev–Trinajstić information content (AvgIpc) is 2.27. The van der Waals surface area contributed by atoms with Crippen LogP contribution in [0.4, 0.5) is 8.78 Å². The lowest BCUT2D eigenvalue weighted by molar-refractivity contribution is 0.0274. The molecule has 0 radical (unpaired) electrons. The van der Waals surface area contributed by atoms with Crippen LogP contribution in [0.1, 0.15) is 24.2 Å². The number of carbonyl (C=O) groups is 1. The van der Waals surface area contributed by atoms with Gasteiger partial charge >= 0.3 is 0 Å². The summed E-state index contributed by atoms with van der Waals surface area (Å²) in [6.07, 6.45) is 0. The summed E-state index contributed by atoms with van der Waals surface area (Å²) in [5.41, 5.74) is 5.86. The third kappa shape index (κ3) is 2.10. The van der Waals surface area contributed by atoms with Gasteiger partial charge < -0.3 is 10.6 Å². The van der Waals surface area contributed by atoms with Crippen molar-refractivity contribution in [2.45, 2.75) is 19.4 Å². The second-order valence-corrected chi connectivity index (χ2v) is 5.18. The van der Waals surface area contributed by atoms with E-state index in [-0.39, 0.29) is 22.9 Å². The largest absolute Gasteiger partial charge is 0.335 e. The van der Waals surface area contributed by atoms with E-state index in [0.29, 0.717) is 13.1 Å². The summed E-state index contributed by atoms with van der Waals surface area (Å²) in [5, 5.41) is 0. The maximum Gasteiger partial charge on any atom is 0.254 e. The van der Waals surface area contributed by atoms with Crippen LogP contribution in [0.3, 0.4) is 0 Å². The average molecular weight is 254 g/mol. The Kier molecular flexibility index (Phi) is 3.11. The summed E-state index contributed by atoms with van der Waals surface area (Å²) in [7, 11) is 0. The number of amides is 1. The van der Waals surface area contributed by atoms with E-state index in [1.807, 2.05) is 13.8 Å². The Morgan fingerprint density at radius 1 is 1.33 bits per heavy atom. The minimum absolute atomic E-state index is 0.153. The Morgan fingerprint density at radius 3 is 2.44 bits per heavy atom. The minimum atomic E-state index is -1.01. The number of benzene rings is 1. The standard InChI is InChI=1S/C13H16F2N2O/c1-8(2)13(16)6-17(7-13)12(18)9-3-4-10(14)11(15)5-9/h3-5,8H,6-7,16H2,1-2H3. The molecule has 0 aromatic heterocycles. The van der Waals surface area contributed by atoms with Crippen molar-refractivity contribution in [3.8, 4) is 0 Å². The zero-order valence-corrected chi connectivity index (χ0v) is 10.4. The van der Waals surface area contributed by atoms with Crippen molar-refractivity contribution in [2.24, 2.45) is 11.7 Å². The van der Waals surface area contributed by atoms with Gasteiger partial charge in [-0.25, -0.2) is 8.78 Å². The highest BCUT2D eigenvalue weighted by Crippen LogP contribution is 2.27. The van der Waals surface area contributed by atoms with Crippen LogP contribution >= 0.6 is 0 Å². The third-order valence-electron chi connectivity index (χ3n) is 3.57. The van der Waals surface area contributed by atoms with Gasteiger partial charge in [-0.3, -0.25) is 4.79 Å².